The van der Waals surface area contributed by atoms with Crippen molar-refractivity contribution in [3.63, 3.8) is 0 Å². The number of esters is 1. The fourth-order valence-electron chi connectivity index (χ4n) is 14.3. The number of aliphatic hydroxyl groups is 1. The average molecular weight is 639 g/mol. The first-order valence-corrected chi connectivity index (χ1v) is 19.6. The molecule has 0 spiro atoms. The number of rotatable bonds is 7. The molecule has 0 aromatic carbocycles. The van der Waals surface area contributed by atoms with Crippen LogP contribution < -0.4 is 0 Å². The monoisotopic (exact) mass is 639 g/mol. The molecule has 0 aromatic heterocycles. The minimum Gasteiger partial charge on any atom is -0.463 e. The van der Waals surface area contributed by atoms with Gasteiger partial charge in [0.25, 0.3) is 0 Å². The van der Waals surface area contributed by atoms with Crippen molar-refractivity contribution in [2.24, 2.45) is 74.4 Å². The number of hydrogen-bond acceptors (Lipinski definition) is 4. The molecular formula is C42H70O4. The summed E-state index contributed by atoms with van der Waals surface area (Å²) in [7, 11) is 0. The van der Waals surface area contributed by atoms with E-state index in [1.165, 1.54) is 63.4 Å². The molecule has 46 heavy (non-hydrogen) atoms. The fourth-order valence-corrected chi connectivity index (χ4v) is 14.3. The maximum absolute atomic E-state index is 13.3. The second-order valence-electron chi connectivity index (χ2n) is 19.8. The summed E-state index contributed by atoms with van der Waals surface area (Å²) < 4.78 is 12.6. The first kappa shape index (κ1) is 35.0. The Morgan fingerprint density at radius 3 is 2.30 bits per heavy atom. The Kier molecular flexibility index (Phi) is 9.25. The van der Waals surface area contributed by atoms with Crippen molar-refractivity contribution in [3.8, 4) is 0 Å². The Bertz CT molecular complexity index is 1160. The quantitative estimate of drug-likeness (QED) is 0.223. The lowest BCUT2D eigenvalue weighted by atomic mass is 9.32. The zero-order chi connectivity index (χ0) is 33.4. The molecule has 0 aromatic rings. The summed E-state index contributed by atoms with van der Waals surface area (Å²) in [5.41, 5.74) is 2.24. The van der Waals surface area contributed by atoms with Crippen LogP contribution in [0.5, 0.6) is 0 Å². The highest BCUT2D eigenvalue weighted by molar-refractivity contribution is 5.70. The van der Waals surface area contributed by atoms with Crippen LogP contribution in [-0.2, 0) is 14.3 Å². The van der Waals surface area contributed by atoms with Crippen molar-refractivity contribution in [2.45, 2.75) is 158 Å². The molecule has 0 heterocycles. The van der Waals surface area contributed by atoms with Crippen LogP contribution in [0.3, 0.4) is 0 Å². The average Bonchev–Trinajstić information content (AvgIpc) is 3.38. The highest BCUT2D eigenvalue weighted by Gasteiger charge is 2.71. The molecule has 0 bridgehead atoms. The summed E-state index contributed by atoms with van der Waals surface area (Å²) in [5, 5.41) is 11.1. The topological polar surface area (TPSA) is 55.8 Å². The largest absolute Gasteiger partial charge is 0.463 e. The van der Waals surface area contributed by atoms with Gasteiger partial charge in [-0.1, -0.05) is 74.0 Å². The third-order valence-corrected chi connectivity index (χ3v) is 17.1. The SMILES string of the molecule is C=C(C)[C@@H]1CC[C@]2(COC(=O)CO[C@H]3C[C@@H](C)CC[C@@H]3C(C)C)CC[C@]3(C)C(CCC4[C@@]5(C)CC[C@H](O)C(C)(C)C5CC[C@]43C)C12. The predicted octanol–water partition coefficient (Wildman–Crippen LogP) is 10.0. The summed E-state index contributed by atoms with van der Waals surface area (Å²) in [4.78, 5) is 13.3. The molecule has 0 saturated heterocycles. The van der Waals surface area contributed by atoms with E-state index in [0.29, 0.717) is 64.8 Å². The van der Waals surface area contributed by atoms with Gasteiger partial charge in [-0.3, -0.25) is 0 Å². The van der Waals surface area contributed by atoms with Gasteiger partial charge in [0, 0.05) is 5.41 Å². The van der Waals surface area contributed by atoms with Crippen LogP contribution in [0, 0.1) is 74.4 Å². The molecule has 4 unspecified atom stereocenters. The van der Waals surface area contributed by atoms with Gasteiger partial charge in [-0.05, 0) is 153 Å². The fraction of sp³-hybridized carbons (Fsp3) is 0.929. The maximum Gasteiger partial charge on any atom is 0.332 e. The number of allylic oxidation sites excluding steroid dienone is 1. The van der Waals surface area contributed by atoms with Crippen LogP contribution in [0.2, 0.25) is 0 Å². The van der Waals surface area contributed by atoms with E-state index < -0.39 is 0 Å². The zero-order valence-corrected chi connectivity index (χ0v) is 31.3. The maximum atomic E-state index is 13.3. The third kappa shape index (κ3) is 5.30. The predicted molar refractivity (Wildman–Crippen MR) is 187 cm³/mol. The molecule has 4 heteroatoms. The van der Waals surface area contributed by atoms with Gasteiger partial charge >= 0.3 is 5.97 Å². The van der Waals surface area contributed by atoms with Gasteiger partial charge in [0.15, 0.2) is 0 Å². The van der Waals surface area contributed by atoms with E-state index in [4.69, 9.17) is 9.47 Å². The van der Waals surface area contributed by atoms with Crippen LogP contribution in [0.4, 0.5) is 0 Å². The van der Waals surface area contributed by atoms with Gasteiger partial charge in [0.1, 0.15) is 6.61 Å². The lowest BCUT2D eigenvalue weighted by Crippen LogP contribution is -2.66. The Labute approximate surface area is 282 Å². The summed E-state index contributed by atoms with van der Waals surface area (Å²) in [6.07, 6.45) is 15.5. The number of fused-ring (bicyclic) bond motifs is 7. The van der Waals surface area contributed by atoms with Gasteiger partial charge in [0.05, 0.1) is 18.8 Å². The van der Waals surface area contributed by atoms with Crippen molar-refractivity contribution in [1.29, 1.82) is 0 Å². The second-order valence-corrected chi connectivity index (χ2v) is 19.8. The van der Waals surface area contributed by atoms with E-state index in [2.05, 4.69) is 68.9 Å². The summed E-state index contributed by atoms with van der Waals surface area (Å²) in [6, 6.07) is 0. The van der Waals surface area contributed by atoms with Gasteiger partial charge in [-0.2, -0.15) is 0 Å². The van der Waals surface area contributed by atoms with E-state index in [1.54, 1.807) is 0 Å². The van der Waals surface area contributed by atoms with Gasteiger partial charge in [0.2, 0.25) is 0 Å². The zero-order valence-electron chi connectivity index (χ0n) is 31.3. The van der Waals surface area contributed by atoms with Crippen molar-refractivity contribution in [3.05, 3.63) is 12.2 Å². The molecule has 1 N–H and O–H groups in total. The third-order valence-electron chi connectivity index (χ3n) is 17.1. The molecule has 0 aliphatic heterocycles. The van der Waals surface area contributed by atoms with E-state index >= 15 is 0 Å². The van der Waals surface area contributed by atoms with Gasteiger partial charge in [-0.15, -0.1) is 0 Å². The van der Waals surface area contributed by atoms with Gasteiger partial charge in [-0.25, -0.2) is 4.79 Å². The lowest BCUT2D eigenvalue weighted by Gasteiger charge is -2.73. The molecule has 6 saturated carbocycles. The number of ether oxygens (including phenoxy) is 2. The number of hydrogen-bond donors (Lipinski definition) is 1. The summed E-state index contributed by atoms with van der Waals surface area (Å²) >= 11 is 0. The summed E-state index contributed by atoms with van der Waals surface area (Å²) in [5.74, 6) is 4.60. The Morgan fingerprint density at radius 1 is 0.870 bits per heavy atom. The Morgan fingerprint density at radius 2 is 1.61 bits per heavy atom. The molecular weight excluding hydrogens is 568 g/mol. The van der Waals surface area contributed by atoms with Crippen LogP contribution in [0.25, 0.3) is 0 Å². The molecule has 6 aliphatic carbocycles. The molecule has 13 atom stereocenters. The Hall–Kier alpha value is -0.870. The van der Waals surface area contributed by atoms with Crippen molar-refractivity contribution < 1.29 is 19.4 Å². The van der Waals surface area contributed by atoms with E-state index in [-0.39, 0.29) is 41.0 Å². The van der Waals surface area contributed by atoms with Crippen molar-refractivity contribution >= 4 is 5.97 Å². The van der Waals surface area contributed by atoms with Crippen molar-refractivity contribution in [1.82, 2.24) is 0 Å². The normalized spacial score (nSPS) is 49.8. The Balaban J connectivity index is 1.20. The molecule has 6 aliphatic rings. The summed E-state index contributed by atoms with van der Waals surface area (Å²) in [6.45, 7) is 27.1. The smallest absolute Gasteiger partial charge is 0.332 e. The molecule has 262 valence electrons. The highest BCUT2D eigenvalue weighted by atomic mass is 16.6. The first-order valence-electron chi connectivity index (χ1n) is 19.6. The standard InChI is InChI=1S/C42H70O4/c1-26(2)29-12-11-28(5)23-32(29)45-24-36(44)46-25-42-20-15-30(27(3)4)37(42)31-13-14-34-39(8)18-17-35(43)38(6,7)33(39)16-19-41(34,10)40(31,9)21-22-42/h26,28-35,37,43H,3,11-25H2,1-2,4-10H3/t28-,29+,30-,31?,32-,33?,34?,35-,37?,39-,40+,41+,42+/m0/s1. The minimum atomic E-state index is -0.178. The number of carbonyl (C=O) groups is 1. The highest BCUT2D eigenvalue weighted by Crippen LogP contribution is 2.77. The van der Waals surface area contributed by atoms with Gasteiger partial charge < -0.3 is 14.6 Å². The van der Waals surface area contributed by atoms with Crippen LogP contribution in [-0.4, -0.2) is 36.5 Å². The number of aliphatic hydroxyl groups excluding tert-OH is 1. The molecule has 6 rings (SSSR count). The number of carbonyl (C=O) groups excluding carboxylic acids is 1. The first-order chi connectivity index (χ1) is 21.5. The molecule has 4 nitrogen and oxygen atoms in total. The van der Waals surface area contributed by atoms with Crippen molar-refractivity contribution in [2.75, 3.05) is 13.2 Å². The van der Waals surface area contributed by atoms with E-state index in [0.717, 1.165) is 25.7 Å². The van der Waals surface area contributed by atoms with Crippen LogP contribution in [0.1, 0.15) is 146 Å². The van der Waals surface area contributed by atoms with Crippen LogP contribution in [0.15, 0.2) is 12.2 Å². The molecule has 0 radical (unpaired) electrons. The van der Waals surface area contributed by atoms with E-state index in [9.17, 15) is 9.90 Å². The second kappa shape index (κ2) is 12.2. The molecule has 6 fully saturated rings. The van der Waals surface area contributed by atoms with Crippen LogP contribution >= 0.6 is 0 Å². The minimum absolute atomic E-state index is 0.0111. The van der Waals surface area contributed by atoms with E-state index in [1.807, 2.05) is 0 Å². The lowest BCUT2D eigenvalue weighted by molar-refractivity contribution is -0.250. The molecule has 0 amide bonds.